The molecule has 0 bridgehead atoms. The lowest BCUT2D eigenvalue weighted by atomic mass is 10.1. The highest BCUT2D eigenvalue weighted by atomic mass is 15.0. The molecule has 0 fully saturated rings. The van der Waals surface area contributed by atoms with Crippen LogP contribution in [0.25, 0.3) is 0 Å². The second-order valence-electron chi connectivity index (χ2n) is 3.71. The van der Waals surface area contributed by atoms with E-state index >= 15 is 0 Å². The molecule has 16 heavy (non-hydrogen) atoms. The summed E-state index contributed by atoms with van der Waals surface area (Å²) in [7, 11) is 0. The molecule has 3 N–H and O–H groups in total. The summed E-state index contributed by atoms with van der Waals surface area (Å²) in [5.41, 5.74) is 9.16. The van der Waals surface area contributed by atoms with Gasteiger partial charge in [-0.25, -0.2) is 9.97 Å². The lowest BCUT2D eigenvalue weighted by Crippen LogP contribution is -2.01. The first-order valence-electron chi connectivity index (χ1n) is 5.07. The highest BCUT2D eigenvalue weighted by Crippen LogP contribution is 2.20. The van der Waals surface area contributed by atoms with Crippen LogP contribution in [0.3, 0.4) is 0 Å². The molecule has 1 aromatic carbocycles. The number of hydrogen-bond donors (Lipinski definition) is 2. The largest absolute Gasteiger partial charge is 0.381 e. The number of anilines is 3. The first kappa shape index (κ1) is 10.4. The van der Waals surface area contributed by atoms with Crippen molar-refractivity contribution in [3.05, 3.63) is 41.7 Å². The number of benzene rings is 1. The van der Waals surface area contributed by atoms with Crippen molar-refractivity contribution in [2.75, 3.05) is 11.1 Å². The predicted molar refractivity (Wildman–Crippen MR) is 65.6 cm³/mol. The molecule has 0 amide bonds. The Morgan fingerprint density at radius 1 is 1.06 bits per heavy atom. The van der Waals surface area contributed by atoms with E-state index < -0.39 is 0 Å². The minimum Gasteiger partial charge on any atom is -0.381 e. The quantitative estimate of drug-likeness (QED) is 0.805. The van der Waals surface area contributed by atoms with E-state index in [1.165, 1.54) is 11.1 Å². The molecule has 0 spiro atoms. The van der Waals surface area contributed by atoms with Crippen LogP contribution in [0.2, 0.25) is 0 Å². The highest BCUT2D eigenvalue weighted by molar-refractivity contribution is 5.65. The van der Waals surface area contributed by atoms with E-state index in [0.717, 1.165) is 5.69 Å². The molecule has 82 valence electrons. The van der Waals surface area contributed by atoms with Crippen LogP contribution < -0.4 is 11.1 Å². The van der Waals surface area contributed by atoms with Gasteiger partial charge in [0.15, 0.2) is 11.6 Å². The van der Waals surface area contributed by atoms with Crippen molar-refractivity contribution < 1.29 is 0 Å². The molecule has 0 atom stereocenters. The highest BCUT2D eigenvalue weighted by Gasteiger charge is 2.02. The molecule has 2 rings (SSSR count). The van der Waals surface area contributed by atoms with Gasteiger partial charge in [0, 0.05) is 18.1 Å². The predicted octanol–water partition coefficient (Wildman–Crippen LogP) is 2.42. The molecule has 4 nitrogen and oxygen atoms in total. The topological polar surface area (TPSA) is 63.8 Å². The van der Waals surface area contributed by atoms with E-state index in [1.807, 2.05) is 6.07 Å². The third kappa shape index (κ3) is 2.11. The Morgan fingerprint density at radius 3 is 2.50 bits per heavy atom. The second kappa shape index (κ2) is 4.18. The summed E-state index contributed by atoms with van der Waals surface area (Å²) in [6.07, 6.45) is 3.18. The zero-order valence-electron chi connectivity index (χ0n) is 9.36. The van der Waals surface area contributed by atoms with Crippen molar-refractivity contribution in [2.24, 2.45) is 0 Å². The summed E-state index contributed by atoms with van der Waals surface area (Å²) in [4.78, 5) is 8.10. The molecular weight excluding hydrogens is 200 g/mol. The second-order valence-corrected chi connectivity index (χ2v) is 3.71. The Balaban J connectivity index is 2.28. The number of rotatable bonds is 2. The fourth-order valence-electron chi connectivity index (χ4n) is 1.40. The van der Waals surface area contributed by atoms with Crippen molar-refractivity contribution >= 4 is 17.3 Å². The minimum atomic E-state index is 0.403. The number of hydrogen-bond acceptors (Lipinski definition) is 4. The minimum absolute atomic E-state index is 0.403. The fraction of sp³-hybridized carbons (Fsp3) is 0.167. The van der Waals surface area contributed by atoms with Crippen LogP contribution in [0, 0.1) is 13.8 Å². The van der Waals surface area contributed by atoms with Gasteiger partial charge in [-0.05, 0) is 37.1 Å². The molecule has 0 saturated carbocycles. The van der Waals surface area contributed by atoms with Gasteiger partial charge in [-0.1, -0.05) is 6.07 Å². The van der Waals surface area contributed by atoms with Crippen molar-refractivity contribution in [3.63, 3.8) is 0 Å². The van der Waals surface area contributed by atoms with E-state index in [2.05, 4.69) is 41.3 Å². The molecule has 2 aromatic rings. The lowest BCUT2D eigenvalue weighted by Gasteiger charge is -2.08. The molecule has 0 aliphatic rings. The van der Waals surface area contributed by atoms with E-state index in [-0.39, 0.29) is 0 Å². The van der Waals surface area contributed by atoms with Gasteiger partial charge in [-0.3, -0.25) is 0 Å². The van der Waals surface area contributed by atoms with Gasteiger partial charge in [0.1, 0.15) is 0 Å². The van der Waals surface area contributed by atoms with Gasteiger partial charge < -0.3 is 11.1 Å². The molecule has 0 aliphatic carbocycles. The third-order valence-corrected chi connectivity index (χ3v) is 2.50. The number of nitrogens with one attached hydrogen (secondary N) is 1. The Hall–Kier alpha value is -2.10. The standard InChI is InChI=1S/C12H14N4/c1-8-3-4-10(7-9(8)2)16-12-11(13)14-5-6-15-12/h3-7H,1-2H3,(H2,13,14)(H,15,16). The Kier molecular flexibility index (Phi) is 2.72. The number of aromatic nitrogens is 2. The molecule has 0 unspecified atom stereocenters. The lowest BCUT2D eigenvalue weighted by molar-refractivity contribution is 1.20. The van der Waals surface area contributed by atoms with Crippen LogP contribution in [0.15, 0.2) is 30.6 Å². The maximum atomic E-state index is 5.70. The summed E-state index contributed by atoms with van der Waals surface area (Å²) in [5.74, 6) is 0.992. The maximum absolute atomic E-state index is 5.70. The van der Waals surface area contributed by atoms with E-state index in [9.17, 15) is 0 Å². The summed E-state index contributed by atoms with van der Waals surface area (Å²) < 4.78 is 0. The molecule has 0 radical (unpaired) electrons. The van der Waals surface area contributed by atoms with Gasteiger partial charge in [0.05, 0.1) is 0 Å². The third-order valence-electron chi connectivity index (χ3n) is 2.50. The first-order chi connectivity index (χ1) is 7.66. The van der Waals surface area contributed by atoms with Gasteiger partial charge in [0.25, 0.3) is 0 Å². The van der Waals surface area contributed by atoms with Crippen molar-refractivity contribution in [1.82, 2.24) is 9.97 Å². The smallest absolute Gasteiger partial charge is 0.173 e. The number of aryl methyl sites for hydroxylation is 2. The monoisotopic (exact) mass is 214 g/mol. The van der Waals surface area contributed by atoms with Crippen LogP contribution in [0.4, 0.5) is 17.3 Å². The Morgan fingerprint density at radius 2 is 1.81 bits per heavy atom. The maximum Gasteiger partial charge on any atom is 0.173 e. The summed E-state index contributed by atoms with van der Waals surface area (Å²) in [6, 6.07) is 6.12. The molecule has 4 heteroatoms. The average molecular weight is 214 g/mol. The summed E-state index contributed by atoms with van der Waals surface area (Å²) in [6.45, 7) is 4.15. The van der Waals surface area contributed by atoms with E-state index in [1.54, 1.807) is 12.4 Å². The zero-order valence-corrected chi connectivity index (χ0v) is 9.36. The molecule has 0 aliphatic heterocycles. The van der Waals surface area contributed by atoms with Gasteiger partial charge in [-0.15, -0.1) is 0 Å². The number of nitrogens with zero attached hydrogens (tertiary/aromatic N) is 2. The van der Waals surface area contributed by atoms with Crippen LogP contribution in [-0.4, -0.2) is 9.97 Å². The van der Waals surface area contributed by atoms with Crippen LogP contribution >= 0.6 is 0 Å². The van der Waals surface area contributed by atoms with Gasteiger partial charge in [0.2, 0.25) is 0 Å². The number of nitrogens with two attached hydrogens (primary N) is 1. The summed E-state index contributed by atoms with van der Waals surface area (Å²) >= 11 is 0. The van der Waals surface area contributed by atoms with Crippen LogP contribution in [-0.2, 0) is 0 Å². The zero-order chi connectivity index (χ0) is 11.5. The van der Waals surface area contributed by atoms with Crippen LogP contribution in [0.1, 0.15) is 11.1 Å². The van der Waals surface area contributed by atoms with Gasteiger partial charge >= 0.3 is 0 Å². The van der Waals surface area contributed by atoms with Gasteiger partial charge in [-0.2, -0.15) is 0 Å². The van der Waals surface area contributed by atoms with E-state index in [0.29, 0.717) is 11.6 Å². The van der Waals surface area contributed by atoms with Crippen molar-refractivity contribution in [3.8, 4) is 0 Å². The van der Waals surface area contributed by atoms with Crippen LogP contribution in [0.5, 0.6) is 0 Å². The van der Waals surface area contributed by atoms with Crippen molar-refractivity contribution in [2.45, 2.75) is 13.8 Å². The van der Waals surface area contributed by atoms with E-state index in [4.69, 9.17) is 5.73 Å². The average Bonchev–Trinajstić information content (AvgIpc) is 2.27. The van der Waals surface area contributed by atoms with Crippen molar-refractivity contribution in [1.29, 1.82) is 0 Å². The fourth-order valence-corrected chi connectivity index (χ4v) is 1.40. The Bertz CT molecular complexity index is 508. The number of nitrogen functional groups attached to an aromatic ring is 1. The normalized spacial score (nSPS) is 10.1. The molecular formula is C12H14N4. The first-order valence-corrected chi connectivity index (χ1v) is 5.07. The molecule has 0 saturated heterocycles. The Labute approximate surface area is 94.5 Å². The SMILES string of the molecule is Cc1ccc(Nc2nccnc2N)cc1C. The molecule has 1 heterocycles. The summed E-state index contributed by atoms with van der Waals surface area (Å²) in [5, 5.41) is 3.14. The molecule has 1 aromatic heterocycles.